The van der Waals surface area contributed by atoms with E-state index in [1.54, 1.807) is 79.3 Å². The first-order valence-electron chi connectivity index (χ1n) is 20.5. The van der Waals surface area contributed by atoms with Crippen LogP contribution in [-0.2, 0) is 39.2 Å². The molecule has 2 aromatic rings. The van der Waals surface area contributed by atoms with E-state index in [9.17, 15) is 33.9 Å². The van der Waals surface area contributed by atoms with Crippen molar-refractivity contribution >= 4 is 37.2 Å². The number of rotatable bonds is 23. The largest absolute Gasteiger partial charge is 0.531 e. The van der Waals surface area contributed by atoms with E-state index in [0.717, 1.165) is 38.5 Å². The summed E-state index contributed by atoms with van der Waals surface area (Å²) in [4.78, 5) is 67.4. The Morgan fingerprint density at radius 2 is 1.27 bits per heavy atom. The number of esters is 1. The van der Waals surface area contributed by atoms with E-state index >= 15 is 0 Å². The number of unbranched alkanes of at least 4 members (excludes halogenated alkanes) is 4. The van der Waals surface area contributed by atoms with Crippen molar-refractivity contribution in [2.24, 2.45) is 0 Å². The van der Waals surface area contributed by atoms with E-state index in [2.05, 4.69) is 24.5 Å². The van der Waals surface area contributed by atoms with Gasteiger partial charge in [0.1, 0.15) is 23.4 Å². The number of hydrogen-bond donors (Lipinski definition) is 2. The van der Waals surface area contributed by atoms with Crippen molar-refractivity contribution in [2.45, 2.75) is 163 Å². The molecule has 2 aromatic carbocycles. The number of benzene rings is 2. The first kappa shape index (κ1) is 50.8. The van der Waals surface area contributed by atoms with Crippen LogP contribution in [0.5, 0.6) is 5.75 Å². The molecule has 0 fully saturated rings. The average Bonchev–Trinajstić information content (AvgIpc) is 3.10. The van der Waals surface area contributed by atoms with E-state index < -0.39 is 59.4 Å². The van der Waals surface area contributed by atoms with Gasteiger partial charge in [0, 0.05) is 43.6 Å². The lowest BCUT2D eigenvalue weighted by atomic mass is 10.0. The normalized spacial score (nSPS) is 13.2. The number of nitrogens with one attached hydrogen (secondary N) is 2. The quantitative estimate of drug-likeness (QED) is 0.0357. The summed E-state index contributed by atoms with van der Waals surface area (Å²) in [6.07, 6.45) is 5.03. The topological polar surface area (TPSA) is 193 Å². The monoisotopic (exact) mass is 846 g/mol. The molecule has 0 aromatic heterocycles. The zero-order chi connectivity index (χ0) is 44.6. The average molecular weight is 847 g/mol. The van der Waals surface area contributed by atoms with Gasteiger partial charge in [0.2, 0.25) is 11.8 Å². The van der Waals surface area contributed by atoms with Crippen LogP contribution in [0.3, 0.4) is 0 Å². The summed E-state index contributed by atoms with van der Waals surface area (Å²) in [5.74, 6) is -2.07. The highest BCUT2D eigenvalue weighted by Gasteiger charge is 2.39. The van der Waals surface area contributed by atoms with Crippen molar-refractivity contribution in [3.63, 3.8) is 0 Å². The number of nitrogens with zero attached hydrogens (tertiary/aromatic N) is 2. The molecule has 0 bridgehead atoms. The third kappa shape index (κ3) is 20.0. The molecule has 0 aliphatic carbocycles. The molecule has 0 saturated heterocycles. The second-order valence-corrected chi connectivity index (χ2v) is 19.0. The van der Waals surface area contributed by atoms with Crippen molar-refractivity contribution in [1.82, 2.24) is 15.5 Å². The lowest BCUT2D eigenvalue weighted by Gasteiger charge is -2.30. The second kappa shape index (κ2) is 22.9. The lowest BCUT2D eigenvalue weighted by molar-refractivity contribution is -0.384. The summed E-state index contributed by atoms with van der Waals surface area (Å²) in [6, 6.07) is 8.88. The standard InChI is InChI=1S/C43H67N4O11P/c1-12-14-16-28-46(29-17-15-13-2)40(51)35(26-27-37(48)55-41(3,4)5)44-39(50)36(45-38(49)32-20-22-33(23-21-32)47(52)53)30-31-18-24-34(25-19-31)56-59(54,57-42(6,7)8)58-43(9,10)11/h18-25,35-36H,12-17,26-30H2,1-11H3,(H,44,50)(H,45,49)/t35-,36-/m0/s1. The summed E-state index contributed by atoms with van der Waals surface area (Å²) in [6.45, 7) is 20.7. The van der Waals surface area contributed by atoms with Gasteiger partial charge in [-0.1, -0.05) is 51.7 Å². The Balaban J connectivity index is 2.52. The first-order chi connectivity index (χ1) is 27.3. The fraction of sp³-hybridized carbons (Fsp3) is 0.628. The Morgan fingerprint density at radius 1 is 0.746 bits per heavy atom. The molecule has 0 unspecified atom stereocenters. The van der Waals surface area contributed by atoms with Gasteiger partial charge >= 0.3 is 13.8 Å². The highest BCUT2D eigenvalue weighted by molar-refractivity contribution is 7.49. The molecule has 16 heteroatoms. The van der Waals surface area contributed by atoms with Gasteiger partial charge in [-0.15, -0.1) is 0 Å². The molecular weight excluding hydrogens is 779 g/mol. The fourth-order valence-corrected chi connectivity index (χ4v) is 7.64. The number of carbonyl (C=O) groups excluding carboxylic acids is 4. The zero-order valence-corrected chi connectivity index (χ0v) is 37.8. The number of phosphoric acid groups is 1. The van der Waals surface area contributed by atoms with Gasteiger partial charge in [-0.2, -0.15) is 0 Å². The maximum absolute atomic E-state index is 14.3. The predicted octanol–water partition coefficient (Wildman–Crippen LogP) is 8.87. The molecule has 330 valence electrons. The third-order valence-corrected chi connectivity index (χ3v) is 10.3. The maximum atomic E-state index is 14.3. The van der Waals surface area contributed by atoms with Crippen LogP contribution < -0.4 is 15.2 Å². The van der Waals surface area contributed by atoms with E-state index in [0.29, 0.717) is 18.7 Å². The minimum Gasteiger partial charge on any atom is -0.460 e. The molecule has 0 heterocycles. The Labute approximate surface area is 350 Å². The van der Waals surface area contributed by atoms with Crippen LogP contribution in [-0.4, -0.2) is 75.5 Å². The molecule has 0 aliphatic heterocycles. The number of amides is 3. The minimum atomic E-state index is -4.12. The fourth-order valence-electron chi connectivity index (χ4n) is 5.81. The van der Waals surface area contributed by atoms with Crippen molar-refractivity contribution in [1.29, 1.82) is 0 Å². The highest BCUT2D eigenvalue weighted by Crippen LogP contribution is 2.55. The highest BCUT2D eigenvalue weighted by atomic mass is 31.2. The van der Waals surface area contributed by atoms with E-state index in [-0.39, 0.29) is 42.2 Å². The van der Waals surface area contributed by atoms with Crippen molar-refractivity contribution in [2.75, 3.05) is 13.1 Å². The van der Waals surface area contributed by atoms with E-state index in [1.807, 2.05) is 0 Å². The molecule has 0 spiro atoms. The smallest absolute Gasteiger partial charge is 0.460 e. The second-order valence-electron chi connectivity index (χ2n) is 17.5. The number of phosphoric ester groups is 1. The van der Waals surface area contributed by atoms with Gasteiger partial charge in [-0.3, -0.25) is 38.3 Å². The molecule has 0 saturated carbocycles. The molecule has 59 heavy (non-hydrogen) atoms. The van der Waals surface area contributed by atoms with Crippen LogP contribution in [0.25, 0.3) is 0 Å². The molecule has 0 aliphatic rings. The molecule has 0 radical (unpaired) electrons. The van der Waals surface area contributed by atoms with Crippen molar-refractivity contribution in [3.05, 3.63) is 69.8 Å². The molecule has 3 amide bonds. The summed E-state index contributed by atoms with van der Waals surface area (Å²) in [7, 11) is -4.12. The van der Waals surface area contributed by atoms with Gasteiger partial charge < -0.3 is 24.8 Å². The number of nitro groups is 1. The molecule has 15 nitrogen and oxygen atoms in total. The molecular formula is C43H67N4O11P. The Morgan fingerprint density at radius 3 is 1.73 bits per heavy atom. The summed E-state index contributed by atoms with van der Waals surface area (Å²) < 4.78 is 36.5. The summed E-state index contributed by atoms with van der Waals surface area (Å²) >= 11 is 0. The molecule has 2 N–H and O–H groups in total. The number of ether oxygens (including phenoxy) is 1. The summed E-state index contributed by atoms with van der Waals surface area (Å²) in [5, 5.41) is 16.8. The Bertz CT molecular complexity index is 1700. The minimum absolute atomic E-state index is 0.0417. The third-order valence-electron chi connectivity index (χ3n) is 8.36. The molecule has 2 rings (SSSR count). The van der Waals surface area contributed by atoms with Gasteiger partial charge in [0.15, 0.2) is 0 Å². The van der Waals surface area contributed by atoms with Crippen LogP contribution in [0.1, 0.15) is 143 Å². The van der Waals surface area contributed by atoms with Crippen LogP contribution in [0.15, 0.2) is 48.5 Å². The van der Waals surface area contributed by atoms with Crippen molar-refractivity contribution < 1.29 is 47.0 Å². The van der Waals surface area contributed by atoms with E-state index in [1.165, 1.54) is 36.4 Å². The Hall–Kier alpha value is -4.33. The number of hydrogen-bond acceptors (Lipinski definition) is 11. The van der Waals surface area contributed by atoms with Gasteiger partial charge in [-0.25, -0.2) is 4.57 Å². The maximum Gasteiger partial charge on any atom is 0.531 e. The van der Waals surface area contributed by atoms with Crippen LogP contribution in [0, 0.1) is 10.1 Å². The van der Waals surface area contributed by atoms with Gasteiger partial charge in [0.25, 0.3) is 11.6 Å². The van der Waals surface area contributed by atoms with Crippen LogP contribution >= 0.6 is 7.82 Å². The van der Waals surface area contributed by atoms with Crippen LogP contribution in [0.2, 0.25) is 0 Å². The van der Waals surface area contributed by atoms with Gasteiger partial charge in [-0.05, 0) is 111 Å². The lowest BCUT2D eigenvalue weighted by Crippen LogP contribution is -2.55. The Kier molecular flexibility index (Phi) is 19.7. The number of nitro benzene ring substituents is 1. The molecule has 2 atom stereocenters. The number of carbonyl (C=O) groups is 4. The van der Waals surface area contributed by atoms with Crippen molar-refractivity contribution in [3.8, 4) is 5.75 Å². The predicted molar refractivity (Wildman–Crippen MR) is 227 cm³/mol. The SMILES string of the molecule is CCCCCN(CCCCC)C(=O)[C@H](CCC(=O)OC(C)(C)C)NC(=O)[C@H](Cc1ccc(OP(=O)(OC(C)(C)C)OC(C)(C)C)cc1)NC(=O)c1ccc([N+](=O)[O-])cc1. The summed E-state index contributed by atoms with van der Waals surface area (Å²) in [5.41, 5.74) is -2.06. The van der Waals surface area contributed by atoms with Crippen LogP contribution in [0.4, 0.5) is 5.69 Å². The number of non-ortho nitro benzene ring substituents is 1. The zero-order valence-electron chi connectivity index (χ0n) is 36.9. The van der Waals surface area contributed by atoms with Gasteiger partial charge in [0.05, 0.1) is 16.1 Å². The van der Waals surface area contributed by atoms with E-state index in [4.69, 9.17) is 18.3 Å². The first-order valence-corrected chi connectivity index (χ1v) is 22.0.